The lowest BCUT2D eigenvalue weighted by atomic mass is 10.1. The highest BCUT2D eigenvalue weighted by Crippen LogP contribution is 2.26. The van der Waals surface area contributed by atoms with Crippen LogP contribution in [0.15, 0.2) is 48.5 Å². The van der Waals surface area contributed by atoms with Crippen LogP contribution in [0.3, 0.4) is 0 Å². The minimum atomic E-state index is -0.214. The molecule has 0 aromatic heterocycles. The molecule has 0 saturated carbocycles. The first-order valence-electron chi connectivity index (χ1n) is 9.68. The van der Waals surface area contributed by atoms with E-state index in [9.17, 15) is 9.59 Å². The van der Waals surface area contributed by atoms with Gasteiger partial charge in [0.25, 0.3) is 0 Å². The first-order valence-corrected chi connectivity index (χ1v) is 9.68. The lowest BCUT2D eigenvalue weighted by molar-refractivity contribution is -0.117. The fourth-order valence-corrected chi connectivity index (χ4v) is 3.34. The zero-order chi connectivity index (χ0) is 20.6. The maximum Gasteiger partial charge on any atom is 0.314 e. The lowest BCUT2D eigenvalue weighted by Crippen LogP contribution is -2.39. The van der Waals surface area contributed by atoms with E-state index in [1.54, 1.807) is 19.1 Å². The Kier molecular flexibility index (Phi) is 6.94. The molecule has 2 aromatic rings. The summed E-state index contributed by atoms with van der Waals surface area (Å²) < 4.78 is 10.3. The van der Waals surface area contributed by atoms with Gasteiger partial charge in [-0.25, -0.2) is 4.79 Å². The normalized spacial score (nSPS) is 15.9. The smallest absolute Gasteiger partial charge is 0.314 e. The lowest BCUT2D eigenvalue weighted by Gasteiger charge is -2.17. The van der Waals surface area contributed by atoms with Crippen molar-refractivity contribution in [2.45, 2.75) is 12.8 Å². The van der Waals surface area contributed by atoms with E-state index in [4.69, 9.17) is 9.47 Å². The predicted molar refractivity (Wildman–Crippen MR) is 112 cm³/mol. The van der Waals surface area contributed by atoms with Gasteiger partial charge in [0.2, 0.25) is 5.91 Å². The first-order chi connectivity index (χ1) is 14.1. The summed E-state index contributed by atoms with van der Waals surface area (Å²) in [5.41, 5.74) is 1.98. The van der Waals surface area contributed by atoms with E-state index in [2.05, 4.69) is 10.6 Å². The number of carbonyl (C=O) groups excluding carboxylic acids is 2. The Morgan fingerprint density at radius 2 is 1.62 bits per heavy atom. The molecule has 0 radical (unpaired) electrons. The second-order valence-corrected chi connectivity index (χ2v) is 7.01. The number of benzene rings is 2. The Morgan fingerprint density at radius 1 is 1.00 bits per heavy atom. The van der Waals surface area contributed by atoms with Crippen LogP contribution in [0.2, 0.25) is 0 Å². The number of amides is 3. The van der Waals surface area contributed by atoms with Gasteiger partial charge in [0.05, 0.1) is 14.2 Å². The highest BCUT2D eigenvalue weighted by atomic mass is 16.5. The van der Waals surface area contributed by atoms with Gasteiger partial charge in [0.15, 0.2) is 0 Å². The fourth-order valence-electron chi connectivity index (χ4n) is 3.34. The predicted octanol–water partition coefficient (Wildman–Crippen LogP) is 2.60. The van der Waals surface area contributed by atoms with E-state index in [0.717, 1.165) is 29.2 Å². The van der Waals surface area contributed by atoms with E-state index in [-0.39, 0.29) is 17.9 Å². The van der Waals surface area contributed by atoms with Crippen LogP contribution in [-0.2, 0) is 11.2 Å². The van der Waals surface area contributed by atoms with Crippen LogP contribution in [-0.4, -0.2) is 45.8 Å². The van der Waals surface area contributed by atoms with Gasteiger partial charge >= 0.3 is 6.03 Å². The SMILES string of the molecule is COc1ccc(CCNC(=O)NC[C@@H]2CC(=O)N(c3ccc(OC)cc3)C2)cc1. The summed E-state index contributed by atoms with van der Waals surface area (Å²) in [5, 5.41) is 5.73. The number of ether oxygens (including phenoxy) is 2. The second kappa shape index (κ2) is 9.82. The molecule has 1 aliphatic heterocycles. The number of carbonyl (C=O) groups is 2. The van der Waals surface area contributed by atoms with Crippen LogP contribution in [0.1, 0.15) is 12.0 Å². The molecular weight excluding hydrogens is 370 g/mol. The summed E-state index contributed by atoms with van der Waals surface area (Å²) in [7, 11) is 3.24. The van der Waals surface area contributed by atoms with Crippen LogP contribution < -0.4 is 25.0 Å². The molecule has 7 heteroatoms. The number of nitrogens with zero attached hydrogens (tertiary/aromatic N) is 1. The maximum absolute atomic E-state index is 12.3. The molecular formula is C22H27N3O4. The molecule has 3 rings (SSSR count). The van der Waals surface area contributed by atoms with E-state index in [0.29, 0.717) is 26.1 Å². The van der Waals surface area contributed by atoms with E-state index < -0.39 is 0 Å². The molecule has 3 amide bonds. The average Bonchev–Trinajstić information content (AvgIpc) is 3.13. The zero-order valence-electron chi connectivity index (χ0n) is 16.8. The number of rotatable bonds is 8. The third-order valence-corrected chi connectivity index (χ3v) is 5.00. The topological polar surface area (TPSA) is 79.9 Å². The number of urea groups is 1. The number of hydrogen-bond acceptors (Lipinski definition) is 4. The standard InChI is InChI=1S/C22H27N3O4/c1-28-19-7-3-16(4-8-19)11-12-23-22(27)24-14-17-13-21(26)25(15-17)18-5-9-20(29-2)10-6-18/h3-10,17H,11-15H2,1-2H3,(H2,23,24,27)/t17-/m0/s1. The van der Waals surface area contributed by atoms with Crippen molar-refractivity contribution in [2.75, 3.05) is 38.8 Å². The molecule has 7 nitrogen and oxygen atoms in total. The summed E-state index contributed by atoms with van der Waals surface area (Å²) in [5.74, 6) is 1.73. The van der Waals surface area contributed by atoms with E-state index in [1.165, 1.54) is 0 Å². The molecule has 1 saturated heterocycles. The minimum Gasteiger partial charge on any atom is -0.497 e. The van der Waals surface area contributed by atoms with Gasteiger partial charge in [-0.15, -0.1) is 0 Å². The molecule has 1 atom stereocenters. The van der Waals surface area contributed by atoms with Crippen LogP contribution >= 0.6 is 0 Å². The molecule has 154 valence electrons. The van der Waals surface area contributed by atoms with Crippen LogP contribution in [0.4, 0.5) is 10.5 Å². The van der Waals surface area contributed by atoms with Crippen LogP contribution in [0, 0.1) is 5.92 Å². The number of anilines is 1. The minimum absolute atomic E-state index is 0.0712. The molecule has 29 heavy (non-hydrogen) atoms. The van der Waals surface area contributed by atoms with Crippen molar-refractivity contribution in [3.63, 3.8) is 0 Å². The molecule has 0 spiro atoms. The molecule has 2 aromatic carbocycles. The molecule has 1 aliphatic rings. The Morgan fingerprint density at radius 3 is 2.24 bits per heavy atom. The van der Waals surface area contributed by atoms with Gasteiger partial charge in [0, 0.05) is 37.7 Å². The van der Waals surface area contributed by atoms with Crippen molar-refractivity contribution in [2.24, 2.45) is 5.92 Å². The molecule has 0 bridgehead atoms. The largest absolute Gasteiger partial charge is 0.497 e. The monoisotopic (exact) mass is 397 g/mol. The van der Waals surface area contributed by atoms with Crippen molar-refractivity contribution in [1.29, 1.82) is 0 Å². The van der Waals surface area contributed by atoms with E-state index >= 15 is 0 Å². The van der Waals surface area contributed by atoms with Gasteiger partial charge in [-0.3, -0.25) is 4.79 Å². The van der Waals surface area contributed by atoms with E-state index in [1.807, 2.05) is 48.5 Å². The van der Waals surface area contributed by atoms with Gasteiger partial charge in [-0.2, -0.15) is 0 Å². The van der Waals surface area contributed by atoms with Crippen molar-refractivity contribution >= 4 is 17.6 Å². The second-order valence-electron chi connectivity index (χ2n) is 7.01. The summed E-state index contributed by atoms with van der Waals surface area (Å²) in [6.07, 6.45) is 1.17. The first kappa shape index (κ1) is 20.5. The Balaban J connectivity index is 1.39. The van der Waals surface area contributed by atoms with Crippen LogP contribution in [0.5, 0.6) is 11.5 Å². The molecule has 1 fully saturated rings. The molecule has 0 unspecified atom stereocenters. The number of hydrogen-bond donors (Lipinski definition) is 2. The summed E-state index contributed by atoms with van der Waals surface area (Å²) >= 11 is 0. The van der Waals surface area contributed by atoms with Gasteiger partial charge in [-0.05, 0) is 48.4 Å². The van der Waals surface area contributed by atoms with Crippen molar-refractivity contribution in [3.05, 3.63) is 54.1 Å². The summed E-state index contributed by atoms with van der Waals surface area (Å²) in [6.45, 7) is 1.60. The highest BCUT2D eigenvalue weighted by Gasteiger charge is 2.30. The van der Waals surface area contributed by atoms with Gasteiger partial charge in [0.1, 0.15) is 11.5 Å². The third kappa shape index (κ3) is 5.63. The van der Waals surface area contributed by atoms with Crippen molar-refractivity contribution in [1.82, 2.24) is 10.6 Å². The Bertz CT molecular complexity index is 821. The molecule has 2 N–H and O–H groups in total. The summed E-state index contributed by atoms with van der Waals surface area (Å²) in [6, 6.07) is 15.0. The third-order valence-electron chi connectivity index (χ3n) is 5.00. The highest BCUT2D eigenvalue weighted by molar-refractivity contribution is 5.95. The van der Waals surface area contributed by atoms with Crippen LogP contribution in [0.25, 0.3) is 0 Å². The quantitative estimate of drug-likeness (QED) is 0.718. The van der Waals surface area contributed by atoms with Gasteiger partial charge in [-0.1, -0.05) is 12.1 Å². The van der Waals surface area contributed by atoms with Crippen molar-refractivity contribution in [3.8, 4) is 11.5 Å². The molecule has 0 aliphatic carbocycles. The number of nitrogens with one attached hydrogen (secondary N) is 2. The summed E-state index contributed by atoms with van der Waals surface area (Å²) in [4.78, 5) is 26.1. The molecule has 1 heterocycles. The average molecular weight is 397 g/mol. The zero-order valence-corrected chi connectivity index (χ0v) is 16.8. The fraction of sp³-hybridized carbons (Fsp3) is 0.364. The maximum atomic E-state index is 12.3. The Labute approximate surface area is 171 Å². The van der Waals surface area contributed by atoms with Crippen molar-refractivity contribution < 1.29 is 19.1 Å². The number of methoxy groups -OCH3 is 2. The van der Waals surface area contributed by atoms with Gasteiger partial charge < -0.3 is 25.0 Å². The Hall–Kier alpha value is -3.22.